The summed E-state index contributed by atoms with van der Waals surface area (Å²) in [5.74, 6) is -0.516. The number of hydrogen-bond acceptors (Lipinski definition) is 3. The lowest BCUT2D eigenvalue weighted by Gasteiger charge is -2.13. The van der Waals surface area contributed by atoms with E-state index in [-0.39, 0.29) is 22.4 Å². The molecule has 0 aromatic heterocycles. The second-order valence-corrected chi connectivity index (χ2v) is 5.39. The number of carbonyl (C=O) groups excluding carboxylic acids is 1. The Balaban J connectivity index is 2.17. The van der Waals surface area contributed by atoms with Gasteiger partial charge in [-0.05, 0) is 36.3 Å². The average molecular weight is 327 g/mol. The van der Waals surface area contributed by atoms with Gasteiger partial charge in [0.25, 0.3) is 5.91 Å². The number of nitrogens with zero attached hydrogens (tertiary/aromatic N) is 1. The van der Waals surface area contributed by atoms with Gasteiger partial charge in [-0.15, -0.1) is 0 Å². The van der Waals surface area contributed by atoms with Crippen molar-refractivity contribution in [3.05, 3.63) is 70.3 Å². The highest BCUT2D eigenvalue weighted by atomic mass is 35.5. The molecule has 0 radical (unpaired) electrons. The van der Waals surface area contributed by atoms with Gasteiger partial charge in [-0.3, -0.25) is 4.79 Å². The molecule has 0 aliphatic rings. The number of halogens is 1. The third kappa shape index (κ3) is 4.35. The molecule has 0 fully saturated rings. The maximum atomic E-state index is 12.2. The third-order valence-electron chi connectivity index (χ3n) is 3.29. The van der Waals surface area contributed by atoms with Crippen LogP contribution in [0.2, 0.25) is 5.02 Å². The lowest BCUT2D eigenvalue weighted by atomic mass is 10.1. The molecular weight excluding hydrogens is 312 g/mol. The van der Waals surface area contributed by atoms with Crippen LogP contribution >= 0.6 is 11.6 Å². The van der Waals surface area contributed by atoms with Crippen LogP contribution in [-0.2, 0) is 4.79 Å². The van der Waals surface area contributed by atoms with Crippen LogP contribution in [0, 0.1) is 11.3 Å². The van der Waals surface area contributed by atoms with Crippen molar-refractivity contribution in [3.8, 4) is 11.8 Å². The van der Waals surface area contributed by atoms with Gasteiger partial charge in [-0.25, -0.2) is 0 Å². The molecule has 5 heteroatoms. The summed E-state index contributed by atoms with van der Waals surface area (Å²) in [4.78, 5) is 12.2. The Morgan fingerprint density at radius 2 is 2.00 bits per heavy atom. The monoisotopic (exact) mass is 326 g/mol. The average Bonchev–Trinajstić information content (AvgIpc) is 2.56. The first kappa shape index (κ1) is 16.6. The highest BCUT2D eigenvalue weighted by molar-refractivity contribution is 6.32. The Kier molecular flexibility index (Phi) is 5.40. The molecular formula is C18H15ClN2O2. The van der Waals surface area contributed by atoms with Crippen LogP contribution in [0.25, 0.3) is 6.08 Å². The van der Waals surface area contributed by atoms with Crippen LogP contribution in [0.3, 0.4) is 0 Å². The fourth-order valence-electron chi connectivity index (χ4n) is 2.03. The number of nitrogens with one attached hydrogen (secondary N) is 1. The highest BCUT2D eigenvalue weighted by Crippen LogP contribution is 2.24. The van der Waals surface area contributed by atoms with Crippen LogP contribution in [0.15, 0.2) is 54.1 Å². The van der Waals surface area contributed by atoms with E-state index in [4.69, 9.17) is 11.6 Å². The summed E-state index contributed by atoms with van der Waals surface area (Å²) in [5.41, 5.74) is 1.48. The van der Waals surface area contributed by atoms with E-state index >= 15 is 0 Å². The Hall–Kier alpha value is -2.77. The molecule has 23 heavy (non-hydrogen) atoms. The highest BCUT2D eigenvalue weighted by Gasteiger charge is 2.13. The predicted molar refractivity (Wildman–Crippen MR) is 89.7 cm³/mol. The number of benzene rings is 2. The quantitative estimate of drug-likeness (QED) is 0.662. The topological polar surface area (TPSA) is 73.1 Å². The van der Waals surface area contributed by atoms with Crippen molar-refractivity contribution in [1.82, 2.24) is 5.32 Å². The maximum Gasteiger partial charge on any atom is 0.262 e. The van der Waals surface area contributed by atoms with Crippen molar-refractivity contribution in [3.63, 3.8) is 0 Å². The van der Waals surface area contributed by atoms with E-state index in [0.717, 1.165) is 5.56 Å². The molecule has 0 spiro atoms. The van der Waals surface area contributed by atoms with Crippen LogP contribution < -0.4 is 5.32 Å². The molecule has 2 aromatic rings. The Bertz CT molecular complexity index is 779. The first-order chi connectivity index (χ1) is 11.0. The Labute approximate surface area is 139 Å². The van der Waals surface area contributed by atoms with Gasteiger partial charge in [0, 0.05) is 0 Å². The van der Waals surface area contributed by atoms with E-state index in [9.17, 15) is 15.2 Å². The van der Waals surface area contributed by atoms with Crippen molar-refractivity contribution in [1.29, 1.82) is 5.26 Å². The van der Waals surface area contributed by atoms with Crippen molar-refractivity contribution >= 4 is 23.6 Å². The number of carbonyl (C=O) groups is 1. The number of phenols is 1. The minimum absolute atomic E-state index is 0.0328. The van der Waals surface area contributed by atoms with Gasteiger partial charge in [0.05, 0.1) is 11.1 Å². The van der Waals surface area contributed by atoms with E-state index in [1.54, 1.807) is 6.07 Å². The molecule has 0 aliphatic heterocycles. The maximum absolute atomic E-state index is 12.2. The van der Waals surface area contributed by atoms with E-state index in [2.05, 4.69) is 5.32 Å². The molecule has 4 nitrogen and oxygen atoms in total. The minimum atomic E-state index is -0.465. The molecule has 0 aliphatic carbocycles. The van der Waals surface area contributed by atoms with E-state index in [1.807, 2.05) is 43.3 Å². The van der Waals surface area contributed by atoms with Gasteiger partial charge in [0.15, 0.2) is 0 Å². The molecule has 0 heterocycles. The number of aromatic hydroxyl groups is 1. The smallest absolute Gasteiger partial charge is 0.262 e. The molecule has 116 valence electrons. The summed E-state index contributed by atoms with van der Waals surface area (Å²) in [5, 5.41) is 21.5. The number of phenolic OH excluding ortho intramolecular Hbond substituents is 1. The van der Waals surface area contributed by atoms with Gasteiger partial charge in [-0.1, -0.05) is 48.0 Å². The van der Waals surface area contributed by atoms with Gasteiger partial charge >= 0.3 is 0 Å². The zero-order valence-electron chi connectivity index (χ0n) is 12.5. The summed E-state index contributed by atoms with van der Waals surface area (Å²) >= 11 is 5.82. The van der Waals surface area contributed by atoms with Crippen molar-refractivity contribution in [2.24, 2.45) is 0 Å². The van der Waals surface area contributed by atoms with E-state index in [0.29, 0.717) is 5.56 Å². The van der Waals surface area contributed by atoms with Gasteiger partial charge < -0.3 is 10.4 Å². The summed E-state index contributed by atoms with van der Waals surface area (Å²) < 4.78 is 0. The lowest BCUT2D eigenvalue weighted by Crippen LogP contribution is -2.27. The Morgan fingerprint density at radius 1 is 1.30 bits per heavy atom. The van der Waals surface area contributed by atoms with Crippen LogP contribution in [0.5, 0.6) is 5.75 Å². The molecule has 1 unspecified atom stereocenters. The van der Waals surface area contributed by atoms with E-state index < -0.39 is 5.91 Å². The van der Waals surface area contributed by atoms with Crippen LogP contribution in [-0.4, -0.2) is 11.0 Å². The fraction of sp³-hybridized carbons (Fsp3) is 0.111. The minimum Gasteiger partial charge on any atom is -0.506 e. The largest absolute Gasteiger partial charge is 0.506 e. The summed E-state index contributed by atoms with van der Waals surface area (Å²) in [6.07, 6.45) is 1.43. The van der Waals surface area contributed by atoms with Crippen molar-refractivity contribution < 1.29 is 9.90 Å². The normalized spacial score (nSPS) is 12.3. The standard InChI is InChI=1S/C18H15ClN2O2/c1-12(14-5-3-2-4-6-14)21-18(23)15(11-20)9-13-7-8-17(22)16(19)10-13/h2-10,12,22H,1H3,(H,21,23)/b15-9-. The molecule has 2 N–H and O–H groups in total. The fourth-order valence-corrected chi connectivity index (χ4v) is 2.22. The van der Waals surface area contributed by atoms with Crippen LogP contribution in [0.4, 0.5) is 0 Å². The molecule has 1 amide bonds. The van der Waals surface area contributed by atoms with Crippen molar-refractivity contribution in [2.75, 3.05) is 0 Å². The molecule has 2 aromatic carbocycles. The first-order valence-corrected chi connectivity index (χ1v) is 7.35. The second kappa shape index (κ2) is 7.48. The van der Waals surface area contributed by atoms with Crippen molar-refractivity contribution in [2.45, 2.75) is 13.0 Å². The SMILES string of the molecule is CC(NC(=O)/C(C#N)=C\c1ccc(O)c(Cl)c1)c1ccccc1. The molecule has 0 saturated carbocycles. The number of nitriles is 1. The summed E-state index contributed by atoms with van der Waals surface area (Å²) in [6, 6.07) is 15.6. The number of amides is 1. The second-order valence-electron chi connectivity index (χ2n) is 4.99. The third-order valence-corrected chi connectivity index (χ3v) is 3.60. The molecule has 2 rings (SSSR count). The number of hydrogen-bond donors (Lipinski definition) is 2. The molecule has 0 saturated heterocycles. The summed E-state index contributed by atoms with van der Waals surface area (Å²) in [6.45, 7) is 1.85. The zero-order chi connectivity index (χ0) is 16.8. The first-order valence-electron chi connectivity index (χ1n) is 6.97. The molecule has 0 bridgehead atoms. The summed E-state index contributed by atoms with van der Waals surface area (Å²) in [7, 11) is 0. The van der Waals surface area contributed by atoms with Gasteiger partial charge in [0.2, 0.25) is 0 Å². The zero-order valence-corrected chi connectivity index (χ0v) is 13.2. The van der Waals surface area contributed by atoms with E-state index in [1.165, 1.54) is 18.2 Å². The Morgan fingerprint density at radius 3 is 2.61 bits per heavy atom. The van der Waals surface area contributed by atoms with Crippen LogP contribution in [0.1, 0.15) is 24.1 Å². The predicted octanol–water partition coefficient (Wildman–Crippen LogP) is 3.83. The number of rotatable bonds is 4. The molecule has 1 atom stereocenters. The van der Waals surface area contributed by atoms with Gasteiger partial charge in [0.1, 0.15) is 17.4 Å². The van der Waals surface area contributed by atoms with Gasteiger partial charge in [-0.2, -0.15) is 5.26 Å². The lowest BCUT2D eigenvalue weighted by molar-refractivity contribution is -0.117.